The molecule has 2 amide bonds. The van der Waals surface area contributed by atoms with E-state index in [1.54, 1.807) is 48.5 Å². The molecule has 10 heteroatoms. The van der Waals surface area contributed by atoms with Gasteiger partial charge >= 0.3 is 0 Å². The molecule has 0 aromatic heterocycles. The number of sulfonamides is 1. The number of nitrogens with zero attached hydrogens (tertiary/aromatic N) is 2. The summed E-state index contributed by atoms with van der Waals surface area (Å²) in [6, 6.07) is 27.1. The van der Waals surface area contributed by atoms with Crippen LogP contribution in [0, 0.1) is 12.7 Å². The Morgan fingerprint density at radius 1 is 0.915 bits per heavy atom. The van der Waals surface area contributed by atoms with Crippen molar-refractivity contribution in [2.24, 2.45) is 0 Å². The van der Waals surface area contributed by atoms with E-state index in [9.17, 15) is 18.0 Å². The summed E-state index contributed by atoms with van der Waals surface area (Å²) < 4.78 is 49.9. The van der Waals surface area contributed by atoms with Crippen LogP contribution >= 0.6 is 0 Å². The number of methoxy groups -OCH3 is 1. The Kier molecular flexibility index (Phi) is 10.9. The van der Waals surface area contributed by atoms with Crippen molar-refractivity contribution in [2.75, 3.05) is 18.0 Å². The molecule has 0 unspecified atom stereocenters. The minimum absolute atomic E-state index is 0.000754. The van der Waals surface area contributed by atoms with E-state index < -0.39 is 34.3 Å². The molecular weight excluding hydrogens is 617 g/mol. The number of carbonyl (C=O) groups is 2. The number of hydrogen-bond acceptors (Lipinski definition) is 5. The van der Waals surface area contributed by atoms with Gasteiger partial charge in [-0.2, -0.15) is 0 Å². The molecule has 246 valence electrons. The van der Waals surface area contributed by atoms with Crippen molar-refractivity contribution in [3.63, 3.8) is 0 Å². The van der Waals surface area contributed by atoms with Crippen LogP contribution in [-0.4, -0.2) is 50.9 Å². The third-order valence-corrected chi connectivity index (χ3v) is 10.3. The largest absolute Gasteiger partial charge is 0.497 e. The van der Waals surface area contributed by atoms with Gasteiger partial charge in [0.05, 0.1) is 17.7 Å². The van der Waals surface area contributed by atoms with E-state index in [1.807, 2.05) is 37.3 Å². The number of hydrogen-bond donors (Lipinski definition) is 1. The van der Waals surface area contributed by atoms with Gasteiger partial charge in [0.1, 0.15) is 24.2 Å². The van der Waals surface area contributed by atoms with E-state index >= 15 is 4.39 Å². The lowest BCUT2D eigenvalue weighted by Crippen LogP contribution is -2.54. The number of ether oxygens (including phenoxy) is 1. The molecule has 1 N–H and O–H groups in total. The van der Waals surface area contributed by atoms with Crippen molar-refractivity contribution in [2.45, 2.75) is 62.6 Å². The summed E-state index contributed by atoms with van der Waals surface area (Å²) in [4.78, 5) is 30.0. The fraction of sp³-hybridized carbons (Fsp3) is 0.297. The zero-order valence-corrected chi connectivity index (χ0v) is 27.5. The van der Waals surface area contributed by atoms with Crippen LogP contribution in [0.5, 0.6) is 5.75 Å². The molecule has 0 saturated heterocycles. The number of amides is 2. The number of carbonyl (C=O) groups excluding carboxylic acids is 2. The Bertz CT molecular complexity index is 1780. The summed E-state index contributed by atoms with van der Waals surface area (Å²) in [5.74, 6) is -1.15. The maximum Gasteiger partial charge on any atom is 0.264 e. The number of aryl methyl sites for hydroxylation is 1. The molecule has 8 nitrogen and oxygen atoms in total. The molecule has 0 radical (unpaired) electrons. The Morgan fingerprint density at radius 2 is 1.60 bits per heavy atom. The Balaban J connectivity index is 1.58. The highest BCUT2D eigenvalue weighted by Crippen LogP contribution is 2.28. The van der Waals surface area contributed by atoms with Crippen LogP contribution in [-0.2, 0) is 32.6 Å². The molecule has 0 heterocycles. The molecule has 4 aromatic rings. The minimum Gasteiger partial charge on any atom is -0.497 e. The van der Waals surface area contributed by atoms with Crippen molar-refractivity contribution in [1.82, 2.24) is 10.2 Å². The molecule has 0 bridgehead atoms. The van der Waals surface area contributed by atoms with Crippen LogP contribution < -0.4 is 14.4 Å². The number of benzene rings is 4. The third-order valence-electron chi connectivity index (χ3n) is 8.50. The molecule has 5 rings (SSSR count). The van der Waals surface area contributed by atoms with Gasteiger partial charge in [-0.3, -0.25) is 13.9 Å². The number of anilines is 1. The van der Waals surface area contributed by atoms with Gasteiger partial charge in [0, 0.05) is 30.6 Å². The molecule has 1 aliphatic rings. The van der Waals surface area contributed by atoms with Crippen LogP contribution in [0.1, 0.15) is 42.4 Å². The summed E-state index contributed by atoms with van der Waals surface area (Å²) >= 11 is 0. The molecule has 1 fully saturated rings. The summed E-state index contributed by atoms with van der Waals surface area (Å²) in [6.45, 7) is 0.974. The minimum atomic E-state index is -4.27. The molecule has 47 heavy (non-hydrogen) atoms. The lowest BCUT2D eigenvalue weighted by Gasteiger charge is -2.34. The monoisotopic (exact) mass is 657 g/mol. The summed E-state index contributed by atoms with van der Waals surface area (Å²) in [5, 5.41) is 3.12. The van der Waals surface area contributed by atoms with E-state index in [1.165, 1.54) is 36.3 Å². The maximum atomic E-state index is 15.1. The number of nitrogens with one attached hydrogen (secondary N) is 1. The zero-order valence-electron chi connectivity index (χ0n) is 26.6. The first-order chi connectivity index (χ1) is 22.7. The SMILES string of the molecule is COc1cccc(N(CC(=O)N(Cc2ccccc2F)[C@H](Cc2ccccc2)C(=O)NC2CCCC2)S(=O)(=O)c2ccc(C)cc2)c1. The first-order valence-electron chi connectivity index (χ1n) is 15.8. The van der Waals surface area contributed by atoms with E-state index in [0.717, 1.165) is 41.1 Å². The maximum absolute atomic E-state index is 15.1. The predicted octanol–water partition coefficient (Wildman–Crippen LogP) is 6.04. The smallest absolute Gasteiger partial charge is 0.264 e. The van der Waals surface area contributed by atoms with Crippen LogP contribution in [0.25, 0.3) is 0 Å². The third kappa shape index (κ3) is 8.37. The van der Waals surface area contributed by atoms with Crippen molar-refractivity contribution in [1.29, 1.82) is 0 Å². The first kappa shape index (κ1) is 33.7. The van der Waals surface area contributed by atoms with Gasteiger partial charge in [-0.15, -0.1) is 0 Å². The number of rotatable bonds is 13. The average Bonchev–Trinajstić information content (AvgIpc) is 3.59. The second-order valence-electron chi connectivity index (χ2n) is 11.8. The fourth-order valence-corrected chi connectivity index (χ4v) is 7.27. The Morgan fingerprint density at radius 3 is 2.28 bits per heavy atom. The van der Waals surface area contributed by atoms with Crippen LogP contribution in [0.3, 0.4) is 0 Å². The van der Waals surface area contributed by atoms with Crippen LogP contribution in [0.2, 0.25) is 0 Å². The number of halogens is 1. The molecule has 4 aromatic carbocycles. The predicted molar refractivity (Wildman–Crippen MR) is 180 cm³/mol. The lowest BCUT2D eigenvalue weighted by atomic mass is 10.0. The van der Waals surface area contributed by atoms with Gasteiger partial charge in [-0.25, -0.2) is 12.8 Å². The first-order valence-corrected chi connectivity index (χ1v) is 17.2. The van der Waals surface area contributed by atoms with Crippen molar-refractivity contribution >= 4 is 27.5 Å². The van der Waals surface area contributed by atoms with Gasteiger partial charge in [0.15, 0.2) is 0 Å². The topological polar surface area (TPSA) is 96.0 Å². The normalized spacial score (nSPS) is 13.9. The second-order valence-corrected chi connectivity index (χ2v) is 13.7. The Hall–Kier alpha value is -4.70. The van der Waals surface area contributed by atoms with Gasteiger partial charge in [-0.1, -0.05) is 85.1 Å². The quantitative estimate of drug-likeness (QED) is 0.189. The van der Waals surface area contributed by atoms with Crippen LogP contribution in [0.15, 0.2) is 108 Å². The molecule has 0 aliphatic heterocycles. The van der Waals surface area contributed by atoms with Gasteiger partial charge < -0.3 is 15.0 Å². The molecule has 1 atom stereocenters. The van der Waals surface area contributed by atoms with E-state index in [-0.39, 0.29) is 41.1 Å². The summed E-state index contributed by atoms with van der Waals surface area (Å²) in [5.41, 5.74) is 2.10. The highest BCUT2D eigenvalue weighted by atomic mass is 32.2. The second kappa shape index (κ2) is 15.3. The Labute approximate surface area is 276 Å². The highest BCUT2D eigenvalue weighted by Gasteiger charge is 2.36. The van der Waals surface area contributed by atoms with Gasteiger partial charge in [-0.05, 0) is 55.7 Å². The molecular formula is C37H40FN3O5S. The van der Waals surface area contributed by atoms with Gasteiger partial charge in [0.2, 0.25) is 11.8 Å². The van der Waals surface area contributed by atoms with Gasteiger partial charge in [0.25, 0.3) is 10.0 Å². The van der Waals surface area contributed by atoms with E-state index in [0.29, 0.717) is 5.75 Å². The lowest BCUT2D eigenvalue weighted by molar-refractivity contribution is -0.140. The average molecular weight is 658 g/mol. The molecule has 1 saturated carbocycles. The summed E-state index contributed by atoms with van der Waals surface area (Å²) in [7, 11) is -2.80. The standard InChI is InChI=1S/C37H40FN3O5S/c1-27-19-21-33(22-20-27)47(44,45)41(31-16-10-17-32(24-31)46-2)26-36(42)40(25-29-13-6-9-18-34(29)38)35(23-28-11-4-3-5-12-28)37(43)39-30-14-7-8-15-30/h3-6,9-13,16-22,24,30,35H,7-8,14-15,23,25-26H2,1-2H3,(H,39,43)/t35-/m1/s1. The van der Waals surface area contributed by atoms with Crippen molar-refractivity contribution in [3.05, 3.63) is 126 Å². The van der Waals surface area contributed by atoms with E-state index in [2.05, 4.69) is 5.32 Å². The fourth-order valence-electron chi connectivity index (χ4n) is 5.86. The van der Waals surface area contributed by atoms with Crippen molar-refractivity contribution in [3.8, 4) is 5.75 Å². The zero-order chi connectivity index (χ0) is 33.4. The summed E-state index contributed by atoms with van der Waals surface area (Å²) in [6.07, 6.45) is 3.83. The molecule has 0 spiro atoms. The van der Waals surface area contributed by atoms with E-state index in [4.69, 9.17) is 4.74 Å². The van der Waals surface area contributed by atoms with Crippen LogP contribution in [0.4, 0.5) is 10.1 Å². The molecule has 1 aliphatic carbocycles. The highest BCUT2D eigenvalue weighted by molar-refractivity contribution is 7.92. The van der Waals surface area contributed by atoms with Crippen molar-refractivity contribution < 1.29 is 27.1 Å².